The summed E-state index contributed by atoms with van der Waals surface area (Å²) >= 11 is 0. The Bertz CT molecular complexity index is 540. The number of anilines is 1. The van der Waals surface area contributed by atoms with Crippen molar-refractivity contribution >= 4 is 5.82 Å². The Morgan fingerprint density at radius 1 is 1.41 bits per heavy atom. The molecule has 6 heteroatoms. The van der Waals surface area contributed by atoms with Gasteiger partial charge in [-0.05, 0) is 13.8 Å². The molecule has 0 saturated carbocycles. The van der Waals surface area contributed by atoms with Crippen LogP contribution in [-0.4, -0.2) is 26.7 Å². The summed E-state index contributed by atoms with van der Waals surface area (Å²) in [7, 11) is 3.49. The molecule has 2 heterocycles. The Labute approximate surface area is 100.0 Å². The van der Waals surface area contributed by atoms with Gasteiger partial charge in [-0.15, -0.1) is 0 Å². The molecule has 0 saturated heterocycles. The van der Waals surface area contributed by atoms with Gasteiger partial charge in [0.15, 0.2) is 0 Å². The Morgan fingerprint density at radius 3 is 2.65 bits per heavy atom. The maximum Gasteiger partial charge on any atom is 0.216 e. The Hall–Kier alpha value is -1.98. The second-order valence-electron chi connectivity index (χ2n) is 4.07. The van der Waals surface area contributed by atoms with Crippen molar-refractivity contribution < 1.29 is 4.74 Å². The first-order valence-electron chi connectivity index (χ1n) is 5.39. The van der Waals surface area contributed by atoms with Gasteiger partial charge >= 0.3 is 0 Å². The Morgan fingerprint density at radius 2 is 2.12 bits per heavy atom. The fraction of sp³-hybridized carbons (Fsp3) is 0.455. The molecule has 2 aromatic heterocycles. The largest absolute Gasteiger partial charge is 0.481 e. The summed E-state index contributed by atoms with van der Waals surface area (Å²) in [5.41, 5.74) is 8.84. The lowest BCUT2D eigenvalue weighted by atomic mass is 10.2. The minimum Gasteiger partial charge on any atom is -0.481 e. The third-order valence-corrected chi connectivity index (χ3v) is 2.86. The van der Waals surface area contributed by atoms with E-state index in [9.17, 15) is 0 Å². The molecule has 2 aromatic rings. The van der Waals surface area contributed by atoms with E-state index < -0.39 is 0 Å². The number of methoxy groups -OCH3 is 1. The van der Waals surface area contributed by atoms with Crippen LogP contribution in [0.3, 0.4) is 0 Å². The number of hydrogen-bond acceptors (Lipinski definition) is 4. The van der Waals surface area contributed by atoms with Gasteiger partial charge < -0.3 is 10.5 Å². The third-order valence-electron chi connectivity index (χ3n) is 2.86. The third kappa shape index (κ3) is 1.86. The van der Waals surface area contributed by atoms with Crippen LogP contribution in [0.25, 0.3) is 0 Å². The van der Waals surface area contributed by atoms with Gasteiger partial charge in [-0.2, -0.15) is 10.2 Å². The van der Waals surface area contributed by atoms with Gasteiger partial charge in [-0.1, -0.05) is 0 Å². The van der Waals surface area contributed by atoms with Crippen LogP contribution in [0.2, 0.25) is 0 Å². The van der Waals surface area contributed by atoms with Gasteiger partial charge in [-0.3, -0.25) is 0 Å². The number of nitrogens with zero attached hydrogens (tertiary/aromatic N) is 4. The van der Waals surface area contributed by atoms with Gasteiger partial charge in [0.25, 0.3) is 0 Å². The quantitative estimate of drug-likeness (QED) is 0.857. The molecule has 17 heavy (non-hydrogen) atoms. The minimum atomic E-state index is 0.572. The van der Waals surface area contributed by atoms with E-state index in [1.54, 1.807) is 22.7 Å². The molecule has 0 aliphatic carbocycles. The summed E-state index contributed by atoms with van der Waals surface area (Å²) in [6.07, 6.45) is 1.76. The standard InChI is InChI=1S/C11H17N5O/c1-7-5-13-16(10(7)12)6-9-8(2)14-15(3)11(9)17-4/h5H,6,12H2,1-4H3. The summed E-state index contributed by atoms with van der Waals surface area (Å²) in [6, 6.07) is 0. The normalized spacial score (nSPS) is 10.8. The Balaban J connectivity index is 2.39. The second-order valence-corrected chi connectivity index (χ2v) is 4.07. The first-order valence-corrected chi connectivity index (χ1v) is 5.39. The fourth-order valence-electron chi connectivity index (χ4n) is 1.88. The molecule has 0 atom stereocenters. The van der Waals surface area contributed by atoms with E-state index in [0.717, 1.165) is 22.7 Å². The predicted octanol–water partition coefficient (Wildman–Crippen LogP) is 0.873. The van der Waals surface area contributed by atoms with Crippen molar-refractivity contribution in [3.8, 4) is 5.88 Å². The van der Waals surface area contributed by atoms with Gasteiger partial charge in [0.2, 0.25) is 5.88 Å². The SMILES string of the molecule is COc1c(Cn2ncc(C)c2N)c(C)nn1C. The van der Waals surface area contributed by atoms with Crippen LogP contribution in [0.5, 0.6) is 5.88 Å². The van der Waals surface area contributed by atoms with E-state index >= 15 is 0 Å². The minimum absolute atomic E-state index is 0.572. The maximum atomic E-state index is 5.93. The van der Waals surface area contributed by atoms with Crippen molar-refractivity contribution in [2.45, 2.75) is 20.4 Å². The first kappa shape index (κ1) is 11.5. The van der Waals surface area contributed by atoms with E-state index in [-0.39, 0.29) is 0 Å². The number of rotatable bonds is 3. The number of aryl methyl sites for hydroxylation is 3. The van der Waals surface area contributed by atoms with Crippen LogP contribution in [0.15, 0.2) is 6.20 Å². The molecule has 0 unspecified atom stereocenters. The van der Waals surface area contributed by atoms with Crippen molar-refractivity contribution in [2.75, 3.05) is 12.8 Å². The molecule has 2 N–H and O–H groups in total. The van der Waals surface area contributed by atoms with E-state index in [0.29, 0.717) is 12.4 Å². The van der Waals surface area contributed by atoms with Gasteiger partial charge in [0.1, 0.15) is 5.82 Å². The molecule has 92 valence electrons. The van der Waals surface area contributed by atoms with Crippen LogP contribution < -0.4 is 10.5 Å². The number of hydrogen-bond donors (Lipinski definition) is 1. The fourth-order valence-corrected chi connectivity index (χ4v) is 1.88. The summed E-state index contributed by atoms with van der Waals surface area (Å²) in [4.78, 5) is 0. The molecule has 0 fully saturated rings. The van der Waals surface area contributed by atoms with Crippen LogP contribution in [0.4, 0.5) is 5.82 Å². The zero-order chi connectivity index (χ0) is 12.6. The van der Waals surface area contributed by atoms with Crippen molar-refractivity contribution in [1.29, 1.82) is 0 Å². The lowest BCUT2D eigenvalue weighted by Crippen LogP contribution is -2.08. The molecule has 0 aliphatic rings. The zero-order valence-corrected chi connectivity index (χ0v) is 10.6. The highest BCUT2D eigenvalue weighted by molar-refractivity contribution is 5.39. The highest BCUT2D eigenvalue weighted by Gasteiger charge is 2.15. The summed E-state index contributed by atoms with van der Waals surface area (Å²) in [5.74, 6) is 1.42. The predicted molar refractivity (Wildman–Crippen MR) is 65.0 cm³/mol. The molecule has 6 nitrogen and oxygen atoms in total. The van der Waals surface area contributed by atoms with Crippen molar-refractivity contribution in [2.24, 2.45) is 7.05 Å². The van der Waals surface area contributed by atoms with E-state index in [2.05, 4.69) is 10.2 Å². The van der Waals surface area contributed by atoms with Crippen LogP contribution in [0.1, 0.15) is 16.8 Å². The molecule has 0 radical (unpaired) electrons. The molecule has 0 spiro atoms. The van der Waals surface area contributed by atoms with E-state index in [1.807, 2.05) is 20.9 Å². The second kappa shape index (κ2) is 4.12. The molecule has 0 amide bonds. The average molecular weight is 235 g/mol. The zero-order valence-electron chi connectivity index (χ0n) is 10.6. The smallest absolute Gasteiger partial charge is 0.216 e. The maximum absolute atomic E-state index is 5.93. The number of nitrogens with two attached hydrogens (primary N) is 1. The van der Waals surface area contributed by atoms with Gasteiger partial charge in [0.05, 0.1) is 31.1 Å². The van der Waals surface area contributed by atoms with E-state index in [4.69, 9.17) is 10.5 Å². The van der Waals surface area contributed by atoms with Crippen molar-refractivity contribution in [3.05, 3.63) is 23.0 Å². The van der Waals surface area contributed by atoms with E-state index in [1.165, 1.54) is 0 Å². The lowest BCUT2D eigenvalue weighted by Gasteiger charge is -2.07. The highest BCUT2D eigenvalue weighted by atomic mass is 16.5. The van der Waals surface area contributed by atoms with Gasteiger partial charge in [-0.25, -0.2) is 9.36 Å². The Kier molecular flexibility index (Phi) is 2.79. The van der Waals surface area contributed by atoms with Gasteiger partial charge in [0, 0.05) is 12.6 Å². The topological polar surface area (TPSA) is 70.9 Å². The van der Waals surface area contributed by atoms with Crippen LogP contribution in [0, 0.1) is 13.8 Å². The number of nitrogen functional groups attached to an aromatic ring is 1. The molecule has 0 aliphatic heterocycles. The van der Waals surface area contributed by atoms with Crippen LogP contribution in [-0.2, 0) is 13.6 Å². The highest BCUT2D eigenvalue weighted by Crippen LogP contribution is 2.23. The number of ether oxygens (including phenoxy) is 1. The molecular weight excluding hydrogens is 218 g/mol. The first-order chi connectivity index (χ1) is 8.04. The number of aromatic nitrogens is 4. The summed E-state index contributed by atoms with van der Waals surface area (Å²) in [5, 5.41) is 8.56. The van der Waals surface area contributed by atoms with Crippen molar-refractivity contribution in [1.82, 2.24) is 19.6 Å². The molecular formula is C11H17N5O. The summed E-state index contributed by atoms with van der Waals surface area (Å²) in [6.45, 7) is 4.46. The summed E-state index contributed by atoms with van der Waals surface area (Å²) < 4.78 is 8.81. The molecule has 0 aromatic carbocycles. The van der Waals surface area contributed by atoms with Crippen molar-refractivity contribution in [3.63, 3.8) is 0 Å². The molecule has 0 bridgehead atoms. The molecule has 2 rings (SSSR count). The monoisotopic (exact) mass is 235 g/mol. The average Bonchev–Trinajstić information content (AvgIpc) is 2.73. The lowest BCUT2D eigenvalue weighted by molar-refractivity contribution is 0.368. The van der Waals surface area contributed by atoms with Crippen LogP contribution >= 0.6 is 0 Å².